The van der Waals surface area contributed by atoms with E-state index >= 15 is 0 Å². The minimum absolute atomic E-state index is 0.0179. The zero-order valence-electron chi connectivity index (χ0n) is 27.1. The molecule has 0 saturated heterocycles. The van der Waals surface area contributed by atoms with Gasteiger partial charge in [0.1, 0.15) is 5.02 Å². The highest BCUT2D eigenvalue weighted by Gasteiger charge is 2.25. The number of halogens is 1. The van der Waals surface area contributed by atoms with E-state index in [1.807, 2.05) is 0 Å². The van der Waals surface area contributed by atoms with Crippen molar-refractivity contribution in [3.8, 4) is 11.4 Å². The third-order valence-electron chi connectivity index (χ3n) is 7.85. The molecule has 0 aliphatic carbocycles. The number of carbonyl (C=O) groups excluding carboxylic acids is 2. The Labute approximate surface area is 263 Å². The SMILES string of the molecule is CCCCCCCCCCCCCCCCCC(=O)Nc1ccc(NC(C)=O)c(-c2nc3c(Cl)c(C(C)(C)C)[nH]n3n2)c1. The number of nitrogens with zero attached hydrogens (tertiary/aromatic N) is 3. The van der Waals surface area contributed by atoms with Crippen LogP contribution in [-0.2, 0) is 15.0 Å². The van der Waals surface area contributed by atoms with Gasteiger partial charge in [-0.1, -0.05) is 129 Å². The summed E-state index contributed by atoms with van der Waals surface area (Å²) in [5, 5.41) is 14.2. The van der Waals surface area contributed by atoms with Crippen molar-refractivity contribution in [2.75, 3.05) is 10.6 Å². The Morgan fingerprint density at radius 1 is 0.860 bits per heavy atom. The minimum Gasteiger partial charge on any atom is -0.326 e. The smallest absolute Gasteiger partial charge is 0.224 e. The Hall–Kier alpha value is -2.87. The summed E-state index contributed by atoms with van der Waals surface area (Å²) in [7, 11) is 0. The maximum atomic E-state index is 12.7. The summed E-state index contributed by atoms with van der Waals surface area (Å²) in [4.78, 5) is 29.2. The summed E-state index contributed by atoms with van der Waals surface area (Å²) in [6.45, 7) is 9.91. The molecule has 0 saturated carbocycles. The maximum absolute atomic E-state index is 12.7. The Balaban J connectivity index is 1.42. The lowest BCUT2D eigenvalue weighted by Crippen LogP contribution is -2.13. The number of nitrogens with one attached hydrogen (secondary N) is 3. The summed E-state index contributed by atoms with van der Waals surface area (Å²) < 4.78 is 1.55. The van der Waals surface area contributed by atoms with Crippen LogP contribution >= 0.6 is 11.6 Å². The van der Waals surface area contributed by atoms with Crippen LogP contribution in [0.3, 0.4) is 0 Å². The van der Waals surface area contributed by atoms with Crippen molar-refractivity contribution < 1.29 is 9.59 Å². The topological polar surface area (TPSA) is 104 Å². The maximum Gasteiger partial charge on any atom is 0.224 e. The molecule has 0 atom stereocenters. The van der Waals surface area contributed by atoms with Crippen molar-refractivity contribution in [3.05, 3.63) is 28.9 Å². The zero-order chi connectivity index (χ0) is 31.2. The second-order valence-electron chi connectivity index (χ2n) is 12.9. The van der Waals surface area contributed by atoms with Gasteiger partial charge in [0, 0.05) is 30.0 Å². The Kier molecular flexibility index (Phi) is 14.0. The molecule has 2 aromatic heterocycles. The van der Waals surface area contributed by atoms with E-state index in [1.165, 1.54) is 90.4 Å². The lowest BCUT2D eigenvalue weighted by Gasteiger charge is -2.16. The number of amides is 2. The highest BCUT2D eigenvalue weighted by Crippen LogP contribution is 2.34. The fourth-order valence-corrected chi connectivity index (χ4v) is 5.84. The Morgan fingerprint density at radius 2 is 1.42 bits per heavy atom. The van der Waals surface area contributed by atoms with Crippen LogP contribution in [0.15, 0.2) is 18.2 Å². The molecule has 9 heteroatoms. The Bertz CT molecular complexity index is 1310. The molecule has 0 radical (unpaired) electrons. The summed E-state index contributed by atoms with van der Waals surface area (Å²) >= 11 is 6.62. The predicted molar refractivity (Wildman–Crippen MR) is 179 cm³/mol. The van der Waals surface area contributed by atoms with Gasteiger partial charge in [-0.2, -0.15) is 4.63 Å². The van der Waals surface area contributed by atoms with E-state index in [0.29, 0.717) is 39.9 Å². The number of hydrogen-bond acceptors (Lipinski definition) is 4. The first kappa shape index (κ1) is 34.6. The number of aromatic nitrogens is 4. The molecule has 0 aliphatic heterocycles. The number of benzene rings is 1. The number of anilines is 2. The summed E-state index contributed by atoms with van der Waals surface area (Å²) in [5.41, 5.74) is 2.96. The summed E-state index contributed by atoms with van der Waals surface area (Å²) in [5.74, 6) is 0.176. The van der Waals surface area contributed by atoms with Crippen LogP contribution in [0.25, 0.3) is 17.0 Å². The molecule has 2 amide bonds. The van der Waals surface area contributed by atoms with E-state index in [9.17, 15) is 9.59 Å². The minimum atomic E-state index is -0.205. The normalized spacial score (nSPS) is 11.8. The number of fused-ring (bicyclic) bond motifs is 1. The third-order valence-corrected chi connectivity index (χ3v) is 8.21. The van der Waals surface area contributed by atoms with Gasteiger partial charge in [-0.3, -0.25) is 14.7 Å². The van der Waals surface area contributed by atoms with Gasteiger partial charge in [0.15, 0.2) is 11.5 Å². The van der Waals surface area contributed by atoms with Crippen molar-refractivity contribution in [2.45, 2.75) is 143 Å². The van der Waals surface area contributed by atoms with Crippen molar-refractivity contribution >= 4 is 40.4 Å². The molecule has 0 unspecified atom stereocenters. The van der Waals surface area contributed by atoms with E-state index in [2.05, 4.69) is 53.5 Å². The molecule has 238 valence electrons. The molecule has 3 rings (SSSR count). The largest absolute Gasteiger partial charge is 0.326 e. The average Bonchev–Trinajstić information content (AvgIpc) is 3.50. The van der Waals surface area contributed by atoms with E-state index in [0.717, 1.165) is 18.5 Å². The van der Waals surface area contributed by atoms with Crippen molar-refractivity contribution in [1.29, 1.82) is 0 Å². The van der Waals surface area contributed by atoms with Crippen molar-refractivity contribution in [3.63, 3.8) is 0 Å². The molecule has 0 aliphatic rings. The molecule has 1 aromatic carbocycles. The van der Waals surface area contributed by atoms with Crippen LogP contribution in [0.4, 0.5) is 11.4 Å². The summed E-state index contributed by atoms with van der Waals surface area (Å²) in [6.07, 6.45) is 19.9. The summed E-state index contributed by atoms with van der Waals surface area (Å²) in [6, 6.07) is 5.34. The van der Waals surface area contributed by atoms with E-state index < -0.39 is 0 Å². The Morgan fingerprint density at radius 3 is 1.93 bits per heavy atom. The van der Waals surface area contributed by atoms with Gasteiger partial charge in [0.25, 0.3) is 0 Å². The van der Waals surface area contributed by atoms with Crippen molar-refractivity contribution in [2.24, 2.45) is 0 Å². The monoisotopic (exact) mass is 612 g/mol. The highest BCUT2D eigenvalue weighted by molar-refractivity contribution is 6.34. The quantitative estimate of drug-likeness (QED) is 0.117. The molecule has 3 N–H and O–H groups in total. The van der Waals surface area contributed by atoms with Crippen molar-refractivity contribution in [1.82, 2.24) is 19.8 Å². The van der Waals surface area contributed by atoms with Crippen LogP contribution in [-0.4, -0.2) is 31.6 Å². The van der Waals surface area contributed by atoms with Crippen LogP contribution < -0.4 is 10.6 Å². The lowest BCUT2D eigenvalue weighted by atomic mass is 9.92. The van der Waals surface area contributed by atoms with Crippen LogP contribution in [0, 0.1) is 0 Å². The second-order valence-corrected chi connectivity index (χ2v) is 13.3. The molecular weight excluding hydrogens is 560 g/mol. The molecule has 8 nitrogen and oxygen atoms in total. The highest BCUT2D eigenvalue weighted by atomic mass is 35.5. The number of unbranched alkanes of at least 4 members (excludes halogenated alkanes) is 14. The average molecular weight is 613 g/mol. The number of H-pyrrole nitrogens is 1. The van der Waals surface area contributed by atoms with Crippen LogP contribution in [0.2, 0.25) is 5.02 Å². The van der Waals surface area contributed by atoms with E-state index in [4.69, 9.17) is 11.6 Å². The molecule has 2 heterocycles. The van der Waals surface area contributed by atoms with Gasteiger partial charge >= 0.3 is 0 Å². The molecule has 0 spiro atoms. The first-order valence-electron chi connectivity index (χ1n) is 16.5. The van der Waals surface area contributed by atoms with Crippen LogP contribution in [0.5, 0.6) is 0 Å². The first-order valence-corrected chi connectivity index (χ1v) is 16.8. The van der Waals surface area contributed by atoms with Gasteiger partial charge in [0.2, 0.25) is 11.8 Å². The standard InChI is InChI=1S/C34H53ClN6O2/c1-6-7-8-9-10-11-12-13-14-15-16-17-18-19-20-21-29(43)37-26-22-23-28(36-25(2)42)27(24-26)32-38-33-30(35)31(34(3,4)5)39-41(33)40-32/h22-24,39H,6-21H2,1-5H3,(H,36,42)(H,37,43). The van der Waals surface area contributed by atoms with Crippen LogP contribution in [0.1, 0.15) is 143 Å². The van der Waals surface area contributed by atoms with Gasteiger partial charge < -0.3 is 10.6 Å². The van der Waals surface area contributed by atoms with Gasteiger partial charge in [-0.25, -0.2) is 4.98 Å². The van der Waals surface area contributed by atoms with Gasteiger partial charge in [-0.05, 0) is 24.6 Å². The molecule has 43 heavy (non-hydrogen) atoms. The number of carbonyl (C=O) groups is 2. The van der Waals surface area contributed by atoms with Gasteiger partial charge in [0.05, 0.1) is 11.4 Å². The third kappa shape index (κ3) is 11.3. The number of rotatable bonds is 19. The lowest BCUT2D eigenvalue weighted by molar-refractivity contribution is -0.116. The molecule has 0 bridgehead atoms. The molecule has 0 fully saturated rings. The fourth-order valence-electron chi connectivity index (χ4n) is 5.40. The molecular formula is C34H53ClN6O2. The number of aromatic amines is 1. The van der Waals surface area contributed by atoms with E-state index in [1.54, 1.807) is 22.8 Å². The fraction of sp³-hybridized carbons (Fsp3) is 0.647. The molecule has 3 aromatic rings. The van der Waals surface area contributed by atoms with Gasteiger partial charge in [-0.15, -0.1) is 5.10 Å². The zero-order valence-corrected chi connectivity index (χ0v) is 27.8. The second kappa shape index (κ2) is 17.4. The van der Waals surface area contributed by atoms with E-state index in [-0.39, 0.29) is 17.2 Å². The predicted octanol–water partition coefficient (Wildman–Crippen LogP) is 9.83. The number of hydrogen-bond donors (Lipinski definition) is 3. The first-order chi connectivity index (χ1) is 20.6.